The number of benzene rings is 1. The summed E-state index contributed by atoms with van der Waals surface area (Å²) in [5.41, 5.74) is 4.36. The largest absolute Gasteiger partial charge is 0.497 e. The molecule has 0 unspecified atom stereocenters. The lowest BCUT2D eigenvalue weighted by atomic mass is 10.2. The fraction of sp³-hybridized carbons (Fsp3) is 0.368. The number of pyridine rings is 1. The summed E-state index contributed by atoms with van der Waals surface area (Å²) in [6.45, 7) is 4.87. The van der Waals surface area contributed by atoms with Crippen molar-refractivity contribution in [3.8, 4) is 5.75 Å². The number of aryl methyl sites for hydroxylation is 1. The topological polar surface area (TPSA) is 61.2 Å². The van der Waals surface area contributed by atoms with Crippen LogP contribution in [0, 0.1) is 6.92 Å². The van der Waals surface area contributed by atoms with Crippen LogP contribution in [-0.2, 0) is 17.9 Å². The third-order valence-corrected chi connectivity index (χ3v) is 4.67. The van der Waals surface area contributed by atoms with E-state index in [1.54, 1.807) is 7.11 Å². The number of nitrogens with zero attached hydrogens (tertiary/aromatic N) is 3. The number of methoxy groups -OCH3 is 1. The molecule has 0 bridgehead atoms. The van der Waals surface area contributed by atoms with E-state index in [9.17, 15) is 0 Å². The Balaban J connectivity index is 1.54. The summed E-state index contributed by atoms with van der Waals surface area (Å²) in [6.07, 6.45) is 1.84. The van der Waals surface area contributed by atoms with Gasteiger partial charge in [0.2, 0.25) is 0 Å². The molecule has 1 aliphatic heterocycles. The number of fused-ring (bicyclic) bond motifs is 3. The van der Waals surface area contributed by atoms with Crippen molar-refractivity contribution in [1.29, 1.82) is 0 Å². The van der Waals surface area contributed by atoms with Gasteiger partial charge in [0.25, 0.3) is 0 Å². The van der Waals surface area contributed by atoms with E-state index in [4.69, 9.17) is 14.5 Å². The molecule has 1 N–H and O–H groups in total. The summed E-state index contributed by atoms with van der Waals surface area (Å²) in [5.74, 6) is 1.79. The first-order valence-electron chi connectivity index (χ1n) is 8.50. The monoisotopic (exact) mass is 338 g/mol. The van der Waals surface area contributed by atoms with Gasteiger partial charge in [-0.15, -0.1) is 0 Å². The zero-order valence-electron chi connectivity index (χ0n) is 14.5. The van der Waals surface area contributed by atoms with Crippen molar-refractivity contribution in [2.24, 2.45) is 0 Å². The van der Waals surface area contributed by atoms with Gasteiger partial charge < -0.3 is 19.4 Å². The van der Waals surface area contributed by atoms with E-state index in [0.29, 0.717) is 13.2 Å². The number of rotatable bonds is 5. The van der Waals surface area contributed by atoms with E-state index in [-0.39, 0.29) is 6.04 Å². The van der Waals surface area contributed by atoms with Crippen LogP contribution >= 0.6 is 0 Å². The summed E-state index contributed by atoms with van der Waals surface area (Å²) < 4.78 is 13.3. The highest BCUT2D eigenvalue weighted by Crippen LogP contribution is 2.28. The van der Waals surface area contributed by atoms with Gasteiger partial charge in [-0.2, -0.15) is 0 Å². The van der Waals surface area contributed by atoms with Gasteiger partial charge >= 0.3 is 0 Å². The van der Waals surface area contributed by atoms with E-state index in [0.717, 1.165) is 41.4 Å². The Morgan fingerprint density at radius 2 is 2.28 bits per heavy atom. The van der Waals surface area contributed by atoms with Gasteiger partial charge in [0.05, 0.1) is 36.5 Å². The molecule has 0 amide bonds. The van der Waals surface area contributed by atoms with E-state index in [2.05, 4.69) is 33.9 Å². The van der Waals surface area contributed by atoms with Gasteiger partial charge in [-0.3, -0.25) is 4.98 Å². The van der Waals surface area contributed by atoms with E-state index in [1.807, 2.05) is 24.4 Å². The summed E-state index contributed by atoms with van der Waals surface area (Å²) in [7, 11) is 1.67. The number of imidazole rings is 1. The van der Waals surface area contributed by atoms with Crippen LogP contribution < -0.4 is 10.1 Å². The summed E-state index contributed by atoms with van der Waals surface area (Å²) in [5, 5.41) is 3.51. The molecule has 0 radical (unpaired) electrons. The molecule has 1 aliphatic rings. The van der Waals surface area contributed by atoms with Crippen molar-refractivity contribution < 1.29 is 9.47 Å². The number of hydrogen-bond donors (Lipinski definition) is 1. The Labute approximate surface area is 146 Å². The summed E-state index contributed by atoms with van der Waals surface area (Å²) >= 11 is 0. The number of hydrogen-bond acceptors (Lipinski definition) is 5. The minimum absolute atomic E-state index is 0.214. The molecule has 1 aromatic carbocycles. The standard InChI is InChI=1S/C19H22N4O2/c1-13-4-3-7-21-17(13)10-20-9-14-11-25-12-19-22-16-8-15(24-2)5-6-18(16)23(14)19/h3-8,14,20H,9-12H2,1-2H3/t14-/m0/s1. The van der Waals surface area contributed by atoms with Crippen molar-refractivity contribution in [2.75, 3.05) is 20.3 Å². The lowest BCUT2D eigenvalue weighted by molar-refractivity contribution is 0.0563. The fourth-order valence-corrected chi connectivity index (χ4v) is 3.34. The highest BCUT2D eigenvalue weighted by atomic mass is 16.5. The first-order chi connectivity index (χ1) is 12.3. The molecule has 0 fully saturated rings. The molecule has 0 spiro atoms. The van der Waals surface area contributed by atoms with Crippen molar-refractivity contribution in [3.05, 3.63) is 53.6 Å². The molecule has 130 valence electrons. The SMILES string of the molecule is COc1ccc2c(c1)nc1n2[C@@H](CNCc2ncccc2C)COC1. The third kappa shape index (κ3) is 3.10. The average molecular weight is 338 g/mol. The molecule has 0 aliphatic carbocycles. The molecule has 0 saturated carbocycles. The number of ether oxygens (including phenoxy) is 2. The summed E-state index contributed by atoms with van der Waals surface area (Å²) in [4.78, 5) is 9.15. The average Bonchev–Trinajstić information content (AvgIpc) is 3.01. The molecule has 2 aromatic heterocycles. The molecule has 4 rings (SSSR count). The lowest BCUT2D eigenvalue weighted by Gasteiger charge is -2.26. The van der Waals surface area contributed by atoms with Gasteiger partial charge in [-0.25, -0.2) is 4.98 Å². The molecule has 3 aromatic rings. The second kappa shape index (κ2) is 6.82. The van der Waals surface area contributed by atoms with Crippen molar-refractivity contribution >= 4 is 11.0 Å². The second-order valence-corrected chi connectivity index (χ2v) is 6.32. The Bertz CT molecular complexity index is 890. The molecule has 6 nitrogen and oxygen atoms in total. The van der Waals surface area contributed by atoms with Crippen molar-refractivity contribution in [1.82, 2.24) is 19.9 Å². The predicted molar refractivity (Wildman–Crippen MR) is 95.7 cm³/mol. The number of aromatic nitrogens is 3. The van der Waals surface area contributed by atoms with Crippen LogP contribution in [0.1, 0.15) is 23.1 Å². The van der Waals surface area contributed by atoms with Gasteiger partial charge in [0.15, 0.2) is 0 Å². The van der Waals surface area contributed by atoms with E-state index < -0.39 is 0 Å². The van der Waals surface area contributed by atoms with Gasteiger partial charge in [-0.1, -0.05) is 6.07 Å². The molecule has 6 heteroatoms. The zero-order valence-corrected chi connectivity index (χ0v) is 14.5. The maximum absolute atomic E-state index is 5.75. The Morgan fingerprint density at radius 3 is 3.12 bits per heavy atom. The molecular weight excluding hydrogens is 316 g/mol. The highest BCUT2D eigenvalue weighted by molar-refractivity contribution is 5.78. The maximum atomic E-state index is 5.75. The van der Waals surface area contributed by atoms with Crippen molar-refractivity contribution in [3.63, 3.8) is 0 Å². The Kier molecular flexibility index (Phi) is 4.38. The molecular formula is C19H22N4O2. The minimum Gasteiger partial charge on any atom is -0.497 e. The first kappa shape index (κ1) is 16.1. The van der Waals surface area contributed by atoms with Crippen LogP contribution in [0.2, 0.25) is 0 Å². The molecule has 1 atom stereocenters. The molecule has 25 heavy (non-hydrogen) atoms. The van der Waals surface area contributed by atoms with Crippen LogP contribution in [0.15, 0.2) is 36.5 Å². The fourth-order valence-electron chi connectivity index (χ4n) is 3.34. The smallest absolute Gasteiger partial charge is 0.136 e. The van der Waals surface area contributed by atoms with E-state index >= 15 is 0 Å². The van der Waals surface area contributed by atoms with Crippen LogP contribution in [-0.4, -0.2) is 34.8 Å². The second-order valence-electron chi connectivity index (χ2n) is 6.32. The van der Waals surface area contributed by atoms with Gasteiger partial charge in [-0.05, 0) is 30.7 Å². The quantitative estimate of drug-likeness (QED) is 0.775. The van der Waals surface area contributed by atoms with Crippen LogP contribution in [0.3, 0.4) is 0 Å². The maximum Gasteiger partial charge on any atom is 0.136 e. The normalized spacial score (nSPS) is 16.8. The lowest BCUT2D eigenvalue weighted by Crippen LogP contribution is -2.32. The van der Waals surface area contributed by atoms with Crippen LogP contribution in [0.5, 0.6) is 5.75 Å². The Hall–Kier alpha value is -2.44. The van der Waals surface area contributed by atoms with E-state index in [1.165, 1.54) is 5.56 Å². The summed E-state index contributed by atoms with van der Waals surface area (Å²) in [6, 6.07) is 10.3. The molecule has 0 saturated heterocycles. The highest BCUT2D eigenvalue weighted by Gasteiger charge is 2.24. The van der Waals surface area contributed by atoms with Gasteiger partial charge in [0.1, 0.15) is 18.2 Å². The van der Waals surface area contributed by atoms with Crippen molar-refractivity contribution in [2.45, 2.75) is 26.1 Å². The first-order valence-corrected chi connectivity index (χ1v) is 8.50. The third-order valence-electron chi connectivity index (χ3n) is 4.67. The van der Waals surface area contributed by atoms with Crippen LogP contribution in [0.25, 0.3) is 11.0 Å². The predicted octanol–water partition coefficient (Wildman–Crippen LogP) is 2.61. The number of nitrogens with one attached hydrogen (secondary N) is 1. The Morgan fingerprint density at radius 1 is 1.36 bits per heavy atom. The molecule has 3 heterocycles. The minimum atomic E-state index is 0.214. The van der Waals surface area contributed by atoms with Crippen LogP contribution in [0.4, 0.5) is 0 Å². The zero-order chi connectivity index (χ0) is 17.2. The van der Waals surface area contributed by atoms with Gasteiger partial charge in [0, 0.05) is 25.4 Å².